The molecule has 0 radical (unpaired) electrons. The van der Waals surface area contributed by atoms with Crippen LogP contribution in [-0.4, -0.2) is 34.2 Å². The highest BCUT2D eigenvalue weighted by atomic mass is 35.5. The summed E-state index contributed by atoms with van der Waals surface area (Å²) in [6.07, 6.45) is 2.95. The van der Waals surface area contributed by atoms with Gasteiger partial charge in [0, 0.05) is 36.4 Å². The molecule has 2 N–H and O–H groups in total. The molecule has 28 heavy (non-hydrogen) atoms. The number of benzene rings is 2. The zero-order valence-electron chi connectivity index (χ0n) is 16.2. The van der Waals surface area contributed by atoms with Gasteiger partial charge in [-0.2, -0.15) is 0 Å². The number of aliphatic imine (C=N–C) groups is 1. The van der Waals surface area contributed by atoms with Crippen LogP contribution < -0.4 is 10.6 Å². The van der Waals surface area contributed by atoms with Crippen molar-refractivity contribution in [3.05, 3.63) is 63.1 Å². The third kappa shape index (κ3) is 6.69. The summed E-state index contributed by atoms with van der Waals surface area (Å²) in [6.45, 7) is 3.09. The van der Waals surface area contributed by atoms with Crippen LogP contribution in [0, 0.1) is 6.92 Å². The van der Waals surface area contributed by atoms with Gasteiger partial charge in [0.05, 0.1) is 4.90 Å². The van der Waals surface area contributed by atoms with E-state index in [4.69, 9.17) is 23.2 Å². The van der Waals surface area contributed by atoms with Crippen LogP contribution in [0.2, 0.25) is 10.0 Å². The van der Waals surface area contributed by atoms with E-state index in [2.05, 4.69) is 15.6 Å². The summed E-state index contributed by atoms with van der Waals surface area (Å²) in [7, 11) is -1.49. The Kier molecular flexibility index (Phi) is 8.16. The molecule has 8 heteroatoms. The average molecular weight is 442 g/mol. The van der Waals surface area contributed by atoms with E-state index in [1.807, 2.05) is 24.3 Å². The molecule has 2 rings (SSSR count). The normalized spacial score (nSPS) is 12.1. The summed E-state index contributed by atoms with van der Waals surface area (Å²) in [5, 5.41) is 7.82. The molecule has 0 saturated heterocycles. The highest BCUT2D eigenvalue weighted by molar-refractivity contribution is 7.90. The van der Waals surface area contributed by atoms with Gasteiger partial charge in [-0.05, 0) is 54.7 Å². The maximum absolute atomic E-state index is 11.7. The van der Waals surface area contributed by atoms with E-state index in [0.29, 0.717) is 27.4 Å². The van der Waals surface area contributed by atoms with Gasteiger partial charge in [-0.25, -0.2) is 8.42 Å². The van der Waals surface area contributed by atoms with Crippen molar-refractivity contribution in [3.8, 4) is 0 Å². The Bertz CT molecular complexity index is 960. The first kappa shape index (κ1) is 22.5. The lowest BCUT2D eigenvalue weighted by Gasteiger charge is -2.13. The summed E-state index contributed by atoms with van der Waals surface area (Å²) in [6, 6.07) is 10.9. The largest absolute Gasteiger partial charge is 0.356 e. The highest BCUT2D eigenvalue weighted by Crippen LogP contribution is 2.22. The predicted molar refractivity (Wildman–Crippen MR) is 117 cm³/mol. The summed E-state index contributed by atoms with van der Waals surface area (Å²) in [4.78, 5) is 4.57. The molecule has 0 aromatic heterocycles. The minimum absolute atomic E-state index is 0.361. The number of hydrogen-bond acceptors (Lipinski definition) is 3. The van der Waals surface area contributed by atoms with E-state index in [9.17, 15) is 8.42 Å². The van der Waals surface area contributed by atoms with Crippen LogP contribution in [0.4, 0.5) is 0 Å². The van der Waals surface area contributed by atoms with Crippen molar-refractivity contribution in [2.24, 2.45) is 4.99 Å². The fraction of sp³-hybridized carbons (Fsp3) is 0.350. The Morgan fingerprint density at radius 3 is 2.46 bits per heavy atom. The molecule has 0 unspecified atom stereocenters. The maximum Gasteiger partial charge on any atom is 0.191 e. The SMILES string of the molecule is CN=C(NCCCc1ccc(Cl)cc1Cl)NCc1ccc(S(C)(=O)=O)c(C)c1. The average Bonchev–Trinajstić information content (AvgIpc) is 2.61. The molecule has 0 bridgehead atoms. The number of rotatable bonds is 7. The summed E-state index contributed by atoms with van der Waals surface area (Å²) < 4.78 is 23.4. The number of sulfone groups is 1. The van der Waals surface area contributed by atoms with Crippen molar-refractivity contribution < 1.29 is 8.42 Å². The molecule has 0 spiro atoms. The Morgan fingerprint density at radius 2 is 1.86 bits per heavy atom. The zero-order valence-corrected chi connectivity index (χ0v) is 18.5. The molecule has 0 aliphatic rings. The highest BCUT2D eigenvalue weighted by Gasteiger charge is 2.11. The van der Waals surface area contributed by atoms with Gasteiger partial charge in [0.15, 0.2) is 15.8 Å². The van der Waals surface area contributed by atoms with Crippen LogP contribution in [0.5, 0.6) is 0 Å². The topological polar surface area (TPSA) is 70.6 Å². The number of hydrogen-bond donors (Lipinski definition) is 2. The predicted octanol–water partition coefficient (Wildman–Crippen LogP) is 4.00. The van der Waals surface area contributed by atoms with Crippen LogP contribution in [0.15, 0.2) is 46.3 Å². The molecule has 0 fully saturated rings. The smallest absolute Gasteiger partial charge is 0.191 e. The van der Waals surface area contributed by atoms with Gasteiger partial charge in [-0.15, -0.1) is 0 Å². The van der Waals surface area contributed by atoms with Gasteiger partial charge in [0.1, 0.15) is 0 Å². The zero-order chi connectivity index (χ0) is 20.7. The quantitative estimate of drug-likeness (QED) is 0.386. The Balaban J connectivity index is 1.82. The first-order chi connectivity index (χ1) is 13.2. The number of nitrogens with one attached hydrogen (secondary N) is 2. The lowest BCUT2D eigenvalue weighted by atomic mass is 10.1. The first-order valence-corrected chi connectivity index (χ1v) is 11.5. The molecule has 0 heterocycles. The fourth-order valence-electron chi connectivity index (χ4n) is 2.85. The molecule has 0 aliphatic carbocycles. The summed E-state index contributed by atoms with van der Waals surface area (Å²) >= 11 is 12.1. The van der Waals surface area contributed by atoms with Crippen LogP contribution in [0.1, 0.15) is 23.1 Å². The third-order valence-corrected chi connectivity index (χ3v) is 6.10. The second-order valence-electron chi connectivity index (χ2n) is 6.56. The molecule has 2 aromatic rings. The monoisotopic (exact) mass is 441 g/mol. The van der Waals surface area contributed by atoms with Crippen molar-refractivity contribution >= 4 is 39.0 Å². The Morgan fingerprint density at radius 1 is 1.11 bits per heavy atom. The standard InChI is InChI=1S/C20H25Cl2N3O2S/c1-14-11-15(6-9-19(14)28(3,26)27)13-25-20(23-2)24-10-4-5-16-7-8-17(21)12-18(16)22/h6-9,11-12H,4-5,10,13H2,1-3H3,(H2,23,24,25). The molecule has 5 nitrogen and oxygen atoms in total. The molecular formula is C20H25Cl2N3O2S. The molecule has 152 valence electrons. The van der Waals surface area contributed by atoms with E-state index in [0.717, 1.165) is 36.1 Å². The summed E-state index contributed by atoms with van der Waals surface area (Å²) in [5.74, 6) is 0.687. The number of halogens is 2. The number of guanidine groups is 1. The van der Waals surface area contributed by atoms with Crippen LogP contribution in [-0.2, 0) is 22.8 Å². The van der Waals surface area contributed by atoms with Crippen LogP contribution >= 0.6 is 23.2 Å². The minimum Gasteiger partial charge on any atom is -0.356 e. The van der Waals surface area contributed by atoms with E-state index < -0.39 is 9.84 Å². The fourth-order valence-corrected chi connectivity index (χ4v) is 4.32. The van der Waals surface area contributed by atoms with Crippen LogP contribution in [0.3, 0.4) is 0 Å². The molecule has 0 saturated carbocycles. The Labute approximate surface area is 177 Å². The maximum atomic E-state index is 11.7. The van der Waals surface area contributed by atoms with Crippen molar-refractivity contribution in [2.45, 2.75) is 31.2 Å². The lowest BCUT2D eigenvalue weighted by Crippen LogP contribution is -2.37. The third-order valence-electron chi connectivity index (χ3n) is 4.25. The summed E-state index contributed by atoms with van der Waals surface area (Å²) in [5.41, 5.74) is 2.79. The van der Waals surface area contributed by atoms with Gasteiger partial charge >= 0.3 is 0 Å². The molecule has 0 aliphatic heterocycles. The Hall–Kier alpha value is -1.76. The van der Waals surface area contributed by atoms with E-state index >= 15 is 0 Å². The number of aryl methyl sites for hydroxylation is 2. The van der Waals surface area contributed by atoms with Gasteiger partial charge in [0.25, 0.3) is 0 Å². The van der Waals surface area contributed by atoms with Crippen molar-refractivity contribution in [3.63, 3.8) is 0 Å². The van der Waals surface area contributed by atoms with E-state index in [-0.39, 0.29) is 0 Å². The van der Waals surface area contributed by atoms with Crippen molar-refractivity contribution in [1.29, 1.82) is 0 Å². The molecule has 0 atom stereocenters. The molecule has 0 amide bonds. The van der Waals surface area contributed by atoms with E-state index in [1.165, 1.54) is 6.26 Å². The van der Waals surface area contributed by atoms with Gasteiger partial charge in [0.2, 0.25) is 0 Å². The van der Waals surface area contributed by atoms with Gasteiger partial charge < -0.3 is 10.6 Å². The number of nitrogens with zero attached hydrogens (tertiary/aromatic N) is 1. The second kappa shape index (κ2) is 10.1. The minimum atomic E-state index is -3.20. The van der Waals surface area contributed by atoms with Crippen molar-refractivity contribution in [2.75, 3.05) is 19.8 Å². The lowest BCUT2D eigenvalue weighted by molar-refractivity contribution is 0.601. The molecule has 2 aromatic carbocycles. The van der Waals surface area contributed by atoms with E-state index in [1.54, 1.807) is 26.1 Å². The molecular weight excluding hydrogens is 417 g/mol. The van der Waals surface area contributed by atoms with Gasteiger partial charge in [-0.1, -0.05) is 41.4 Å². The van der Waals surface area contributed by atoms with Crippen LogP contribution in [0.25, 0.3) is 0 Å². The van der Waals surface area contributed by atoms with Crippen molar-refractivity contribution in [1.82, 2.24) is 10.6 Å². The first-order valence-electron chi connectivity index (χ1n) is 8.88. The van der Waals surface area contributed by atoms with Gasteiger partial charge in [-0.3, -0.25) is 4.99 Å². The second-order valence-corrected chi connectivity index (χ2v) is 9.39.